The van der Waals surface area contributed by atoms with Gasteiger partial charge < -0.3 is 19.7 Å². The van der Waals surface area contributed by atoms with Crippen molar-refractivity contribution in [3.8, 4) is 0 Å². The van der Waals surface area contributed by atoms with Crippen molar-refractivity contribution in [1.82, 2.24) is 20.3 Å². The number of β-amino-alcohol motifs (C(OH)–C–C–N with tert-alkyl or cyclic N) is 1. The van der Waals surface area contributed by atoms with Gasteiger partial charge >= 0.3 is 0 Å². The van der Waals surface area contributed by atoms with Crippen molar-refractivity contribution in [2.75, 3.05) is 24.5 Å². The Morgan fingerprint density at radius 2 is 2.23 bits per heavy atom. The van der Waals surface area contributed by atoms with Crippen LogP contribution in [0.5, 0.6) is 0 Å². The van der Waals surface area contributed by atoms with Crippen LogP contribution in [0.2, 0.25) is 0 Å². The molecule has 1 atom stereocenters. The highest BCUT2D eigenvalue weighted by atomic mass is 16.3. The highest BCUT2D eigenvalue weighted by molar-refractivity contribution is 5.93. The number of nitrogens with zero attached hydrogens (tertiary/aromatic N) is 4. The van der Waals surface area contributed by atoms with Crippen LogP contribution in [-0.2, 0) is 0 Å². The molecular weight excluding hydrogens is 286 g/mol. The molecule has 2 N–H and O–H groups in total. The van der Waals surface area contributed by atoms with Crippen LogP contribution in [0.15, 0.2) is 29.3 Å². The summed E-state index contributed by atoms with van der Waals surface area (Å²) >= 11 is 0. The summed E-state index contributed by atoms with van der Waals surface area (Å²) in [5.41, 5.74) is -0.767. The molecular formula is C14H17N5O3. The van der Waals surface area contributed by atoms with Gasteiger partial charge in [-0.1, -0.05) is 0 Å². The van der Waals surface area contributed by atoms with Gasteiger partial charge in [0.2, 0.25) is 5.95 Å². The van der Waals surface area contributed by atoms with E-state index in [0.29, 0.717) is 31.2 Å². The summed E-state index contributed by atoms with van der Waals surface area (Å²) in [6.07, 6.45) is 5.08. The lowest BCUT2D eigenvalue weighted by Gasteiger charge is -2.23. The van der Waals surface area contributed by atoms with Crippen molar-refractivity contribution in [3.05, 3.63) is 36.3 Å². The van der Waals surface area contributed by atoms with E-state index in [9.17, 15) is 9.90 Å². The molecule has 22 heavy (non-hydrogen) atoms. The third kappa shape index (κ3) is 2.91. The van der Waals surface area contributed by atoms with Gasteiger partial charge in [0.15, 0.2) is 12.1 Å². The fourth-order valence-electron chi connectivity index (χ4n) is 2.48. The van der Waals surface area contributed by atoms with Crippen LogP contribution < -0.4 is 10.2 Å². The zero-order valence-electron chi connectivity index (χ0n) is 12.2. The third-order valence-electron chi connectivity index (χ3n) is 3.71. The Morgan fingerprint density at radius 3 is 2.91 bits per heavy atom. The van der Waals surface area contributed by atoms with E-state index in [4.69, 9.17) is 4.42 Å². The molecule has 8 nitrogen and oxygen atoms in total. The van der Waals surface area contributed by atoms with E-state index < -0.39 is 5.60 Å². The quantitative estimate of drug-likeness (QED) is 0.828. The zero-order chi connectivity index (χ0) is 15.6. The maximum atomic E-state index is 12.0. The van der Waals surface area contributed by atoms with Crippen molar-refractivity contribution in [3.63, 3.8) is 0 Å². The van der Waals surface area contributed by atoms with Crippen molar-refractivity contribution in [1.29, 1.82) is 0 Å². The number of aromatic nitrogens is 3. The fraction of sp³-hybridized carbons (Fsp3) is 0.429. The monoisotopic (exact) mass is 303 g/mol. The Balaban J connectivity index is 1.59. The number of oxazole rings is 1. The highest BCUT2D eigenvalue weighted by Gasteiger charge is 2.37. The molecule has 0 saturated carbocycles. The Kier molecular flexibility index (Phi) is 3.76. The molecule has 1 fully saturated rings. The van der Waals surface area contributed by atoms with Gasteiger partial charge in [0.25, 0.3) is 5.91 Å². The van der Waals surface area contributed by atoms with E-state index in [2.05, 4.69) is 20.3 Å². The van der Waals surface area contributed by atoms with Crippen molar-refractivity contribution in [2.45, 2.75) is 18.9 Å². The Hall–Kier alpha value is -2.48. The highest BCUT2D eigenvalue weighted by Crippen LogP contribution is 2.23. The average Bonchev–Trinajstić information content (AvgIpc) is 3.13. The molecule has 0 bridgehead atoms. The Labute approximate surface area is 127 Å². The molecule has 0 spiro atoms. The Bertz CT molecular complexity index is 660. The van der Waals surface area contributed by atoms with Crippen LogP contribution in [0.1, 0.15) is 22.7 Å². The van der Waals surface area contributed by atoms with Gasteiger partial charge in [-0.25, -0.2) is 15.0 Å². The van der Waals surface area contributed by atoms with Gasteiger partial charge in [0.05, 0.1) is 6.54 Å². The smallest absolute Gasteiger partial charge is 0.273 e. The molecule has 8 heteroatoms. The summed E-state index contributed by atoms with van der Waals surface area (Å²) in [5, 5.41) is 13.3. The lowest BCUT2D eigenvalue weighted by Crippen LogP contribution is -2.45. The molecule has 0 aliphatic carbocycles. The minimum Gasteiger partial charge on any atom is -0.448 e. The molecule has 116 valence electrons. The first-order chi connectivity index (χ1) is 10.6. The predicted molar refractivity (Wildman–Crippen MR) is 77.4 cm³/mol. The van der Waals surface area contributed by atoms with Crippen LogP contribution in [0.4, 0.5) is 5.95 Å². The van der Waals surface area contributed by atoms with Crippen LogP contribution in [0.3, 0.4) is 0 Å². The standard InChI is InChI=1S/C14H17N5O3/c1-10-11(18-9-22-10)12(20)17-7-14(21)3-6-19(8-14)13-15-4-2-5-16-13/h2,4-5,9,21H,3,6-8H2,1H3,(H,17,20)/t14-/m1/s1. The first-order valence-electron chi connectivity index (χ1n) is 7.00. The zero-order valence-corrected chi connectivity index (χ0v) is 12.2. The predicted octanol–water partition coefficient (Wildman–Crippen LogP) is 0.144. The lowest BCUT2D eigenvalue weighted by atomic mass is 10.0. The van der Waals surface area contributed by atoms with E-state index in [1.54, 1.807) is 25.4 Å². The summed E-state index contributed by atoms with van der Waals surface area (Å²) in [6.45, 7) is 2.82. The molecule has 3 rings (SSSR count). The van der Waals surface area contributed by atoms with Crippen molar-refractivity contribution in [2.24, 2.45) is 0 Å². The summed E-state index contributed by atoms with van der Waals surface area (Å²) in [4.78, 5) is 26.1. The minimum absolute atomic E-state index is 0.140. The first-order valence-corrected chi connectivity index (χ1v) is 7.00. The number of carbonyl (C=O) groups excluding carboxylic acids is 1. The summed E-state index contributed by atoms with van der Waals surface area (Å²) in [7, 11) is 0. The molecule has 1 aliphatic rings. The second-order valence-corrected chi connectivity index (χ2v) is 5.38. The number of amides is 1. The second kappa shape index (κ2) is 5.72. The molecule has 2 aromatic heterocycles. The summed E-state index contributed by atoms with van der Waals surface area (Å²) < 4.78 is 5.00. The molecule has 2 aromatic rings. The number of carbonyl (C=O) groups is 1. The van der Waals surface area contributed by atoms with Crippen LogP contribution in [0, 0.1) is 6.92 Å². The van der Waals surface area contributed by atoms with Crippen LogP contribution in [0.25, 0.3) is 0 Å². The fourth-order valence-corrected chi connectivity index (χ4v) is 2.48. The number of anilines is 1. The molecule has 1 aliphatic heterocycles. The number of aryl methyl sites for hydroxylation is 1. The van der Waals surface area contributed by atoms with Gasteiger partial charge in [-0.05, 0) is 19.4 Å². The van der Waals surface area contributed by atoms with E-state index in [-0.39, 0.29) is 18.1 Å². The summed E-state index contributed by atoms with van der Waals surface area (Å²) in [5.74, 6) is 0.682. The van der Waals surface area contributed by atoms with Gasteiger partial charge in [-0.3, -0.25) is 4.79 Å². The van der Waals surface area contributed by atoms with E-state index in [1.807, 2.05) is 4.90 Å². The molecule has 0 radical (unpaired) electrons. The van der Waals surface area contributed by atoms with Crippen LogP contribution in [-0.4, -0.2) is 51.2 Å². The number of nitrogens with one attached hydrogen (secondary N) is 1. The molecule has 1 amide bonds. The number of aliphatic hydroxyl groups is 1. The molecule has 0 aromatic carbocycles. The topological polar surface area (TPSA) is 104 Å². The normalized spacial score (nSPS) is 21.1. The van der Waals surface area contributed by atoms with Gasteiger partial charge in [-0.15, -0.1) is 0 Å². The maximum absolute atomic E-state index is 12.0. The number of rotatable bonds is 4. The van der Waals surface area contributed by atoms with Gasteiger partial charge in [0, 0.05) is 25.5 Å². The molecule has 1 saturated heterocycles. The SMILES string of the molecule is Cc1ocnc1C(=O)NC[C@]1(O)CCN(c2ncccn2)C1. The number of hydrogen-bond donors (Lipinski definition) is 2. The molecule has 3 heterocycles. The first kappa shape index (κ1) is 14.5. The second-order valence-electron chi connectivity index (χ2n) is 5.38. The third-order valence-corrected chi connectivity index (χ3v) is 3.71. The summed E-state index contributed by atoms with van der Waals surface area (Å²) in [6, 6.07) is 1.74. The van der Waals surface area contributed by atoms with Crippen molar-refractivity contribution >= 4 is 11.9 Å². The Morgan fingerprint density at radius 1 is 1.45 bits per heavy atom. The average molecular weight is 303 g/mol. The molecule has 0 unspecified atom stereocenters. The number of hydrogen-bond acceptors (Lipinski definition) is 7. The van der Waals surface area contributed by atoms with Gasteiger partial charge in [0.1, 0.15) is 11.4 Å². The van der Waals surface area contributed by atoms with Crippen LogP contribution >= 0.6 is 0 Å². The minimum atomic E-state index is -1.01. The van der Waals surface area contributed by atoms with E-state index >= 15 is 0 Å². The van der Waals surface area contributed by atoms with E-state index in [0.717, 1.165) is 0 Å². The van der Waals surface area contributed by atoms with E-state index in [1.165, 1.54) is 6.39 Å². The van der Waals surface area contributed by atoms with Crippen molar-refractivity contribution < 1.29 is 14.3 Å². The maximum Gasteiger partial charge on any atom is 0.273 e. The largest absolute Gasteiger partial charge is 0.448 e. The lowest BCUT2D eigenvalue weighted by molar-refractivity contribution is 0.0573. The van der Waals surface area contributed by atoms with Gasteiger partial charge in [-0.2, -0.15) is 0 Å².